The maximum absolute atomic E-state index is 12.9. The van der Waals surface area contributed by atoms with E-state index >= 15 is 0 Å². The second kappa shape index (κ2) is 44.8. The van der Waals surface area contributed by atoms with Gasteiger partial charge in [0.05, 0.1) is 37.6 Å². The van der Waals surface area contributed by atoms with Crippen LogP contribution in [0.5, 0.6) is 0 Å². The van der Waals surface area contributed by atoms with Gasteiger partial charge in [-0.05, 0) is 59.3 Å². The van der Waals surface area contributed by atoms with Crippen LogP contribution in [0, 0.1) is 0 Å². The van der Waals surface area contributed by atoms with Crippen LogP contribution in [0.3, 0.4) is 0 Å². The van der Waals surface area contributed by atoms with Crippen molar-refractivity contribution in [2.45, 2.75) is 252 Å². The second-order valence-corrected chi connectivity index (χ2v) is 18.2. The zero-order valence-corrected chi connectivity index (χ0v) is 41.2. The highest BCUT2D eigenvalue weighted by Gasteiger charge is 2.17. The van der Waals surface area contributed by atoms with Gasteiger partial charge in [0.1, 0.15) is 0 Å². The van der Waals surface area contributed by atoms with E-state index in [1.165, 1.54) is 135 Å². The molecule has 3 atom stereocenters. The summed E-state index contributed by atoms with van der Waals surface area (Å²) in [5.74, 6) is -0.491. The third kappa shape index (κ3) is 42.0. The quantitative estimate of drug-likeness (QED) is 0.0347. The molecule has 0 rings (SSSR count). The van der Waals surface area contributed by atoms with Crippen LogP contribution in [0.15, 0.2) is 0 Å². The van der Waals surface area contributed by atoms with Gasteiger partial charge in [-0.2, -0.15) is 0 Å². The summed E-state index contributed by atoms with van der Waals surface area (Å²) in [6, 6.07) is 0. The van der Waals surface area contributed by atoms with Gasteiger partial charge in [-0.3, -0.25) is 14.4 Å². The molecule has 0 bridgehead atoms. The lowest BCUT2D eigenvalue weighted by atomic mass is 10.1. The zero-order chi connectivity index (χ0) is 45.0. The number of hydrogen-bond donors (Lipinski definition) is 2. The van der Waals surface area contributed by atoms with E-state index in [2.05, 4.69) is 35.9 Å². The molecule has 61 heavy (non-hydrogen) atoms. The van der Waals surface area contributed by atoms with E-state index in [0.717, 1.165) is 51.6 Å². The number of nitrogens with one attached hydrogen (secondary N) is 1. The van der Waals surface area contributed by atoms with Crippen molar-refractivity contribution in [3.8, 4) is 0 Å². The molecule has 0 aromatic heterocycles. The molecule has 10 heteroatoms. The van der Waals surface area contributed by atoms with Gasteiger partial charge in [-0.25, -0.2) is 0 Å². The highest BCUT2D eigenvalue weighted by atomic mass is 16.5. The Labute approximate surface area is 377 Å². The molecule has 0 aromatic rings. The van der Waals surface area contributed by atoms with Crippen molar-refractivity contribution < 1.29 is 28.6 Å². The van der Waals surface area contributed by atoms with E-state index in [4.69, 9.17) is 19.9 Å². The number of carbonyl (C=O) groups is 3. The van der Waals surface area contributed by atoms with Gasteiger partial charge in [-0.15, -0.1) is 0 Å². The van der Waals surface area contributed by atoms with Gasteiger partial charge in [0.2, 0.25) is 0 Å². The second-order valence-electron chi connectivity index (χ2n) is 18.2. The summed E-state index contributed by atoms with van der Waals surface area (Å²) in [4.78, 5) is 42.8. The van der Waals surface area contributed by atoms with Crippen LogP contribution in [0.2, 0.25) is 0 Å². The Morgan fingerprint density at radius 3 is 0.951 bits per heavy atom. The number of nitrogens with two attached hydrogens (primary N) is 1. The Kier molecular flexibility index (Phi) is 43.6. The summed E-state index contributed by atoms with van der Waals surface area (Å²) in [5.41, 5.74) is 5.92. The van der Waals surface area contributed by atoms with Crippen molar-refractivity contribution in [1.82, 2.24) is 15.1 Å². The van der Waals surface area contributed by atoms with Crippen LogP contribution < -0.4 is 11.1 Å². The first kappa shape index (κ1) is 59.2. The summed E-state index contributed by atoms with van der Waals surface area (Å²) in [6.45, 7) is 18.6. The van der Waals surface area contributed by atoms with Crippen molar-refractivity contribution in [2.24, 2.45) is 5.73 Å². The maximum Gasteiger partial charge on any atom is 0.307 e. The molecule has 0 saturated heterocycles. The molecule has 0 fully saturated rings. The smallest absolute Gasteiger partial charge is 0.307 e. The van der Waals surface area contributed by atoms with Crippen molar-refractivity contribution >= 4 is 17.9 Å². The number of rotatable bonds is 47. The number of unbranched alkanes of at least 4 members (excludes halogenated alkanes) is 21. The number of carbonyl (C=O) groups excluding carboxylic acids is 3. The molecular weight excluding hydrogens is 765 g/mol. The van der Waals surface area contributed by atoms with Crippen molar-refractivity contribution in [1.29, 1.82) is 0 Å². The molecule has 0 saturated carbocycles. The topological polar surface area (TPSA) is 123 Å². The lowest BCUT2D eigenvalue weighted by molar-refractivity contribution is -0.150. The summed E-state index contributed by atoms with van der Waals surface area (Å²) in [7, 11) is 0. The van der Waals surface area contributed by atoms with Crippen LogP contribution in [-0.2, 0) is 28.6 Å². The number of esters is 3. The molecule has 362 valence electrons. The highest BCUT2D eigenvalue weighted by molar-refractivity contribution is 5.70. The molecule has 0 amide bonds. The minimum atomic E-state index is -0.176. The first-order valence-corrected chi connectivity index (χ1v) is 26.1. The first-order valence-electron chi connectivity index (χ1n) is 26.1. The van der Waals surface area contributed by atoms with Crippen LogP contribution in [0.1, 0.15) is 234 Å². The van der Waals surface area contributed by atoms with Gasteiger partial charge in [0.15, 0.2) is 0 Å². The molecule has 0 heterocycles. The fourth-order valence-electron chi connectivity index (χ4n) is 7.92. The Balaban J connectivity index is 4.75. The predicted octanol–water partition coefficient (Wildman–Crippen LogP) is 11.7. The average Bonchev–Trinajstić information content (AvgIpc) is 3.23. The lowest BCUT2D eigenvalue weighted by Gasteiger charge is -2.24. The minimum absolute atomic E-state index is 0.0462. The monoisotopic (exact) mass is 867 g/mol. The van der Waals surface area contributed by atoms with Crippen LogP contribution >= 0.6 is 0 Å². The van der Waals surface area contributed by atoms with E-state index in [1.807, 2.05) is 20.8 Å². The normalized spacial score (nSPS) is 13.1. The molecule has 0 aliphatic carbocycles. The summed E-state index contributed by atoms with van der Waals surface area (Å²) >= 11 is 0. The van der Waals surface area contributed by atoms with Gasteiger partial charge in [-0.1, -0.05) is 156 Å². The Bertz CT molecular complexity index is 943. The number of hydrogen-bond acceptors (Lipinski definition) is 10. The molecule has 0 aliphatic rings. The summed E-state index contributed by atoms with van der Waals surface area (Å²) in [6.07, 6.45) is 33.9. The van der Waals surface area contributed by atoms with Gasteiger partial charge < -0.3 is 35.1 Å². The van der Waals surface area contributed by atoms with Gasteiger partial charge in [0.25, 0.3) is 0 Å². The molecule has 0 aliphatic heterocycles. The van der Waals surface area contributed by atoms with Crippen molar-refractivity contribution in [3.05, 3.63) is 0 Å². The van der Waals surface area contributed by atoms with Crippen LogP contribution in [0.4, 0.5) is 0 Å². The summed E-state index contributed by atoms with van der Waals surface area (Å²) in [5, 5.41) is 3.53. The van der Waals surface area contributed by atoms with E-state index in [-0.39, 0.29) is 36.2 Å². The maximum atomic E-state index is 12.9. The van der Waals surface area contributed by atoms with Crippen molar-refractivity contribution in [2.75, 3.05) is 58.9 Å². The minimum Gasteiger partial charge on any atom is -0.463 e. The Morgan fingerprint density at radius 1 is 0.410 bits per heavy atom. The first-order chi connectivity index (χ1) is 29.6. The number of nitrogens with zero attached hydrogens (tertiary/aromatic N) is 2. The third-order valence-electron chi connectivity index (χ3n) is 11.9. The third-order valence-corrected chi connectivity index (χ3v) is 11.9. The zero-order valence-electron chi connectivity index (χ0n) is 41.2. The van der Waals surface area contributed by atoms with Crippen molar-refractivity contribution in [3.63, 3.8) is 0 Å². The Hall–Kier alpha value is -1.75. The molecular formula is C51H102N4O6. The van der Waals surface area contributed by atoms with Crippen LogP contribution in [-0.4, -0.2) is 105 Å². The SMILES string of the molecule is CCCCCCCCCCC(C)OC(=O)CCN(CCN)CCNCCN(CCC(=O)OC(C)CCCCCCCCCC)CCC(=O)OC(C)CCCCCCCCCC. The molecule has 10 nitrogen and oxygen atoms in total. The van der Waals surface area contributed by atoms with Gasteiger partial charge in [0, 0.05) is 58.9 Å². The molecule has 3 unspecified atom stereocenters. The lowest BCUT2D eigenvalue weighted by Crippen LogP contribution is -2.40. The largest absolute Gasteiger partial charge is 0.463 e. The summed E-state index contributed by atoms with van der Waals surface area (Å²) < 4.78 is 17.3. The van der Waals surface area contributed by atoms with Gasteiger partial charge >= 0.3 is 17.9 Å². The molecule has 3 N–H and O–H groups in total. The van der Waals surface area contributed by atoms with E-state index in [9.17, 15) is 14.4 Å². The molecule has 0 spiro atoms. The van der Waals surface area contributed by atoms with E-state index < -0.39 is 0 Å². The highest BCUT2D eigenvalue weighted by Crippen LogP contribution is 2.15. The van der Waals surface area contributed by atoms with E-state index in [0.29, 0.717) is 65.1 Å². The Morgan fingerprint density at radius 2 is 0.672 bits per heavy atom. The molecule has 0 aromatic carbocycles. The fraction of sp³-hybridized carbons (Fsp3) is 0.941. The van der Waals surface area contributed by atoms with E-state index in [1.54, 1.807) is 0 Å². The molecule has 0 radical (unpaired) electrons. The fourth-order valence-corrected chi connectivity index (χ4v) is 7.92. The van der Waals surface area contributed by atoms with Crippen LogP contribution in [0.25, 0.3) is 0 Å². The predicted molar refractivity (Wildman–Crippen MR) is 257 cm³/mol. The standard InChI is InChI=1S/C51H102N4O6/c1-7-10-13-16-19-22-25-28-31-46(4)59-49(56)34-40-54(41-35-50(57)60-47(5)32-29-26-23-20-17-14-11-8-2)44-38-53-39-45-55(43-37-52)42-36-51(58)61-48(6)33-30-27-24-21-18-15-12-9-3/h46-48,53H,7-45,52H2,1-6H3. The number of ether oxygens (including phenoxy) is 3. The average molecular weight is 867 g/mol.